The molecule has 2 N–H and O–H groups in total. The molecule has 0 aromatic heterocycles. The molecule has 0 saturated carbocycles. The maximum absolute atomic E-state index is 12.4. The zero-order chi connectivity index (χ0) is 16.8. The minimum Gasteiger partial charge on any atom is -0.367 e. The van der Waals surface area contributed by atoms with Gasteiger partial charge in [-0.1, -0.05) is 19.1 Å². The second-order valence-electron chi connectivity index (χ2n) is 6.42. The van der Waals surface area contributed by atoms with Crippen molar-refractivity contribution >= 4 is 66.3 Å². The first-order chi connectivity index (χ1) is 11.8. The van der Waals surface area contributed by atoms with Crippen molar-refractivity contribution in [2.45, 2.75) is 19.4 Å². The third-order valence-corrected chi connectivity index (χ3v) is 5.90. The van der Waals surface area contributed by atoms with Crippen LogP contribution in [0.1, 0.15) is 13.3 Å². The smallest absolute Gasteiger partial charge is 0.226 e. The highest BCUT2D eigenvalue weighted by Crippen LogP contribution is 2.27. The summed E-state index contributed by atoms with van der Waals surface area (Å²) >= 11 is 1.92. The molecule has 27 heavy (non-hydrogen) atoms. The highest BCUT2D eigenvalue weighted by molar-refractivity contribution is 7.99. The normalized spacial score (nSPS) is 19.9. The Balaban J connectivity index is 0.00000225. The monoisotopic (exact) mass is 456 g/mol. The molecule has 2 fully saturated rings. The van der Waals surface area contributed by atoms with E-state index in [4.69, 9.17) is 0 Å². The standard InChI is InChI=1S/C18H28N4OS.3ClH/c1-2-21-8-10-22(11-9-21)17-6-4-3-5-16(17)20-18(23)13-15-14-24-12-7-19-15;;;/h3-6,15,19H,2,7-14H2,1H3,(H,20,23);3*1H. The van der Waals surface area contributed by atoms with Crippen molar-refractivity contribution in [1.29, 1.82) is 0 Å². The van der Waals surface area contributed by atoms with Gasteiger partial charge in [0.2, 0.25) is 5.91 Å². The number of carbonyl (C=O) groups excluding carboxylic acids is 1. The topological polar surface area (TPSA) is 47.6 Å². The van der Waals surface area contributed by atoms with Crippen LogP contribution in [-0.2, 0) is 4.79 Å². The summed E-state index contributed by atoms with van der Waals surface area (Å²) in [4.78, 5) is 17.3. The first-order valence-electron chi connectivity index (χ1n) is 8.93. The maximum atomic E-state index is 12.4. The molecule has 0 aliphatic carbocycles. The van der Waals surface area contributed by atoms with Crippen LogP contribution in [0, 0.1) is 0 Å². The van der Waals surface area contributed by atoms with E-state index >= 15 is 0 Å². The molecular weight excluding hydrogens is 427 g/mol. The molecule has 2 aliphatic rings. The molecule has 1 atom stereocenters. The van der Waals surface area contributed by atoms with Gasteiger partial charge in [0.15, 0.2) is 0 Å². The Hall–Kier alpha value is -0.370. The van der Waals surface area contributed by atoms with E-state index in [1.54, 1.807) is 0 Å². The highest BCUT2D eigenvalue weighted by Gasteiger charge is 2.20. The van der Waals surface area contributed by atoms with Crippen molar-refractivity contribution in [2.24, 2.45) is 0 Å². The summed E-state index contributed by atoms with van der Waals surface area (Å²) in [5, 5.41) is 6.56. The minimum atomic E-state index is 0. The van der Waals surface area contributed by atoms with Crippen LogP contribution in [0.15, 0.2) is 24.3 Å². The van der Waals surface area contributed by atoms with E-state index in [1.807, 2.05) is 23.9 Å². The SMILES string of the molecule is CCN1CCN(c2ccccc2NC(=O)CC2CSCCN2)CC1.Cl.Cl.Cl. The Bertz CT molecular complexity index is 553. The van der Waals surface area contributed by atoms with Gasteiger partial charge in [-0.3, -0.25) is 4.79 Å². The van der Waals surface area contributed by atoms with Crippen LogP contribution in [0.3, 0.4) is 0 Å². The van der Waals surface area contributed by atoms with Crippen molar-refractivity contribution in [3.05, 3.63) is 24.3 Å². The number of hydrogen-bond donors (Lipinski definition) is 2. The first-order valence-corrected chi connectivity index (χ1v) is 10.1. The van der Waals surface area contributed by atoms with Crippen LogP contribution < -0.4 is 15.5 Å². The van der Waals surface area contributed by atoms with Gasteiger partial charge in [-0.2, -0.15) is 11.8 Å². The fourth-order valence-electron chi connectivity index (χ4n) is 3.34. The fourth-order valence-corrected chi connectivity index (χ4v) is 4.29. The molecule has 5 nitrogen and oxygen atoms in total. The molecule has 2 heterocycles. The Morgan fingerprint density at radius 2 is 1.89 bits per heavy atom. The van der Waals surface area contributed by atoms with Gasteiger partial charge in [-0.05, 0) is 18.7 Å². The fraction of sp³-hybridized carbons (Fsp3) is 0.611. The lowest BCUT2D eigenvalue weighted by molar-refractivity contribution is -0.116. The van der Waals surface area contributed by atoms with E-state index in [9.17, 15) is 4.79 Å². The molecule has 3 rings (SSSR count). The third kappa shape index (κ3) is 7.87. The Kier molecular flexibility index (Phi) is 13.6. The number of piperazine rings is 1. The molecule has 156 valence electrons. The van der Waals surface area contributed by atoms with Crippen molar-refractivity contribution in [3.8, 4) is 0 Å². The number of amides is 1. The van der Waals surface area contributed by atoms with Gasteiger partial charge in [0, 0.05) is 56.7 Å². The van der Waals surface area contributed by atoms with Crippen LogP contribution in [-0.4, -0.2) is 67.6 Å². The minimum absolute atomic E-state index is 0. The summed E-state index contributed by atoms with van der Waals surface area (Å²) in [6, 6.07) is 8.48. The van der Waals surface area contributed by atoms with Crippen LogP contribution in [0.4, 0.5) is 11.4 Å². The molecule has 1 amide bonds. The molecule has 1 aromatic carbocycles. The van der Waals surface area contributed by atoms with Crippen LogP contribution >= 0.6 is 49.0 Å². The predicted octanol–water partition coefficient (Wildman–Crippen LogP) is 3.13. The zero-order valence-electron chi connectivity index (χ0n) is 15.7. The summed E-state index contributed by atoms with van der Waals surface area (Å²) in [5.74, 6) is 2.27. The number of likely N-dealkylation sites (N-methyl/N-ethyl adjacent to an activating group) is 1. The summed E-state index contributed by atoms with van der Waals surface area (Å²) in [7, 11) is 0. The Labute approximate surface area is 185 Å². The van der Waals surface area contributed by atoms with Gasteiger partial charge >= 0.3 is 0 Å². The molecule has 2 saturated heterocycles. The molecule has 1 unspecified atom stereocenters. The second-order valence-corrected chi connectivity index (χ2v) is 7.57. The summed E-state index contributed by atoms with van der Waals surface area (Å²) in [6.07, 6.45) is 0.547. The number of carbonyl (C=O) groups is 1. The summed E-state index contributed by atoms with van der Waals surface area (Å²) in [6.45, 7) is 8.52. The van der Waals surface area contributed by atoms with E-state index in [0.717, 1.165) is 62.1 Å². The predicted molar refractivity (Wildman–Crippen MR) is 125 cm³/mol. The maximum Gasteiger partial charge on any atom is 0.226 e. The van der Waals surface area contributed by atoms with E-state index in [2.05, 4.69) is 39.5 Å². The van der Waals surface area contributed by atoms with Crippen molar-refractivity contribution < 1.29 is 4.79 Å². The van der Waals surface area contributed by atoms with Crippen LogP contribution in [0.25, 0.3) is 0 Å². The van der Waals surface area contributed by atoms with Crippen molar-refractivity contribution in [3.63, 3.8) is 0 Å². The Morgan fingerprint density at radius 3 is 2.52 bits per heavy atom. The van der Waals surface area contributed by atoms with E-state index in [-0.39, 0.29) is 43.1 Å². The molecule has 0 bridgehead atoms. The van der Waals surface area contributed by atoms with Crippen LogP contribution in [0.5, 0.6) is 0 Å². The van der Waals surface area contributed by atoms with Gasteiger partial charge in [-0.15, -0.1) is 37.2 Å². The second kappa shape index (κ2) is 13.7. The molecular formula is C18H31Cl3N4OS. The molecule has 0 radical (unpaired) electrons. The van der Waals surface area contributed by atoms with Gasteiger partial charge in [0.1, 0.15) is 0 Å². The lowest BCUT2D eigenvalue weighted by Crippen LogP contribution is -2.46. The number of rotatable bonds is 5. The van der Waals surface area contributed by atoms with Crippen molar-refractivity contribution in [2.75, 3.05) is 61.0 Å². The number of nitrogens with one attached hydrogen (secondary N) is 2. The van der Waals surface area contributed by atoms with Crippen LogP contribution in [0.2, 0.25) is 0 Å². The van der Waals surface area contributed by atoms with E-state index in [1.165, 1.54) is 0 Å². The quantitative estimate of drug-likeness (QED) is 0.711. The zero-order valence-corrected chi connectivity index (χ0v) is 19.0. The number of nitrogens with zero attached hydrogens (tertiary/aromatic N) is 2. The molecule has 1 aromatic rings. The summed E-state index contributed by atoms with van der Waals surface area (Å²) in [5.41, 5.74) is 2.09. The number of benzene rings is 1. The number of halogens is 3. The van der Waals surface area contributed by atoms with E-state index < -0.39 is 0 Å². The lowest BCUT2D eigenvalue weighted by Gasteiger charge is -2.36. The molecule has 9 heteroatoms. The third-order valence-electron chi connectivity index (χ3n) is 4.77. The largest absolute Gasteiger partial charge is 0.367 e. The van der Waals surface area contributed by atoms with Gasteiger partial charge in [-0.25, -0.2) is 0 Å². The van der Waals surface area contributed by atoms with Gasteiger partial charge in [0.25, 0.3) is 0 Å². The van der Waals surface area contributed by atoms with Gasteiger partial charge < -0.3 is 20.4 Å². The number of anilines is 2. The average molecular weight is 458 g/mol. The Morgan fingerprint density at radius 1 is 1.19 bits per heavy atom. The number of hydrogen-bond acceptors (Lipinski definition) is 5. The van der Waals surface area contributed by atoms with E-state index in [0.29, 0.717) is 12.5 Å². The highest BCUT2D eigenvalue weighted by atomic mass is 35.5. The van der Waals surface area contributed by atoms with Gasteiger partial charge in [0.05, 0.1) is 11.4 Å². The molecule has 2 aliphatic heterocycles. The van der Waals surface area contributed by atoms with Crippen molar-refractivity contribution in [1.82, 2.24) is 10.2 Å². The number of para-hydroxylation sites is 2. The molecule has 0 spiro atoms. The first kappa shape index (κ1) is 26.6. The average Bonchev–Trinajstić information content (AvgIpc) is 2.63. The number of thioether (sulfide) groups is 1. The summed E-state index contributed by atoms with van der Waals surface area (Å²) < 4.78 is 0. The lowest BCUT2D eigenvalue weighted by atomic mass is 10.2.